The number of aromatic nitrogens is 6. The van der Waals surface area contributed by atoms with Gasteiger partial charge in [-0.25, -0.2) is 4.98 Å². The van der Waals surface area contributed by atoms with E-state index >= 15 is 0 Å². The van der Waals surface area contributed by atoms with E-state index in [4.69, 9.17) is 14.2 Å². The Labute approximate surface area is 227 Å². The average Bonchev–Trinajstić information content (AvgIpc) is 3.61. The molecule has 1 amide bonds. The summed E-state index contributed by atoms with van der Waals surface area (Å²) in [6, 6.07) is 12.8. The van der Waals surface area contributed by atoms with E-state index in [1.165, 1.54) is 0 Å². The first-order valence-electron chi connectivity index (χ1n) is 12.9. The molecule has 0 unspecified atom stereocenters. The van der Waals surface area contributed by atoms with Gasteiger partial charge in [0.25, 0.3) is 11.8 Å². The van der Waals surface area contributed by atoms with Crippen LogP contribution in [0.1, 0.15) is 27.7 Å². The molecule has 0 saturated carbocycles. The summed E-state index contributed by atoms with van der Waals surface area (Å²) < 4.78 is 13.2. The van der Waals surface area contributed by atoms with Gasteiger partial charge in [-0.15, -0.1) is 0 Å². The molecule has 0 aliphatic rings. The molecule has 0 bridgehead atoms. The lowest BCUT2D eigenvalue weighted by atomic mass is 10.1. The Morgan fingerprint density at radius 3 is 2.62 bits per heavy atom. The fourth-order valence-corrected chi connectivity index (χ4v) is 4.99. The van der Waals surface area contributed by atoms with Crippen molar-refractivity contribution in [3.8, 4) is 22.8 Å². The lowest BCUT2D eigenvalue weighted by Gasteiger charge is -2.16. The zero-order chi connectivity index (χ0) is 27.6. The van der Waals surface area contributed by atoms with Crippen molar-refractivity contribution in [2.75, 3.05) is 6.61 Å². The van der Waals surface area contributed by atoms with E-state index in [2.05, 4.69) is 45.1 Å². The van der Waals surface area contributed by atoms with Gasteiger partial charge in [0, 0.05) is 55.8 Å². The normalized spacial score (nSPS) is 11.8. The Morgan fingerprint density at radius 2 is 1.90 bits per heavy atom. The molecule has 4 heterocycles. The molecule has 39 heavy (non-hydrogen) atoms. The van der Waals surface area contributed by atoms with Crippen LogP contribution in [0.5, 0.6) is 0 Å². The maximum atomic E-state index is 13.3. The largest absolute Gasteiger partial charge is 0.361 e. The number of hydrogen-bond acceptors (Lipinski definition) is 7. The number of ether oxygens (including phenoxy) is 1. The van der Waals surface area contributed by atoms with Crippen molar-refractivity contribution in [1.29, 1.82) is 0 Å². The third-order valence-electron chi connectivity index (χ3n) is 6.50. The first-order valence-corrected chi connectivity index (χ1v) is 16.6. The Morgan fingerprint density at radius 1 is 1.10 bits per heavy atom. The number of aryl methyl sites for hydroxylation is 1. The van der Waals surface area contributed by atoms with Gasteiger partial charge in [0.2, 0.25) is 5.82 Å². The average molecular weight is 544 g/mol. The molecule has 0 atom stereocenters. The molecule has 11 heteroatoms. The number of H-pyrrole nitrogens is 1. The number of aromatic amines is 1. The molecule has 10 nitrogen and oxygen atoms in total. The second-order valence-corrected chi connectivity index (χ2v) is 16.4. The molecule has 0 aliphatic heterocycles. The molecule has 0 saturated heterocycles. The molecule has 2 N–H and O–H groups in total. The highest BCUT2D eigenvalue weighted by Gasteiger charge is 2.22. The van der Waals surface area contributed by atoms with Gasteiger partial charge in [0.05, 0.1) is 5.69 Å². The van der Waals surface area contributed by atoms with Crippen molar-refractivity contribution in [2.45, 2.75) is 52.8 Å². The number of nitrogens with zero attached hydrogens (tertiary/aromatic N) is 5. The number of carbonyl (C=O) groups is 1. The number of amides is 1. The van der Waals surface area contributed by atoms with Crippen molar-refractivity contribution in [2.24, 2.45) is 0 Å². The Hall–Kier alpha value is -4.09. The SMILES string of the molecule is Cc1noc(-c2cc3cc(-c4nc(C(=O)NCc5ccncc5)n(COCC[Si](C)(C)C)c4C)ccc3[nH]2)n1. The quantitative estimate of drug-likeness (QED) is 0.180. The summed E-state index contributed by atoms with van der Waals surface area (Å²) >= 11 is 0. The third kappa shape index (κ3) is 6.15. The minimum absolute atomic E-state index is 0.258. The maximum Gasteiger partial charge on any atom is 0.287 e. The number of hydrogen-bond donors (Lipinski definition) is 2. The van der Waals surface area contributed by atoms with Gasteiger partial charge in [-0.05, 0) is 55.8 Å². The van der Waals surface area contributed by atoms with E-state index in [-0.39, 0.29) is 12.6 Å². The minimum atomic E-state index is -1.24. The Kier molecular flexibility index (Phi) is 7.44. The van der Waals surface area contributed by atoms with E-state index in [1.807, 2.05) is 47.9 Å². The first-order chi connectivity index (χ1) is 18.7. The third-order valence-corrected chi connectivity index (χ3v) is 8.20. The van der Waals surface area contributed by atoms with Crippen molar-refractivity contribution < 1.29 is 14.1 Å². The molecular formula is C28H33N7O3Si. The number of imidazole rings is 1. The topological polar surface area (TPSA) is 124 Å². The van der Waals surface area contributed by atoms with Crippen LogP contribution in [0.2, 0.25) is 25.7 Å². The lowest BCUT2D eigenvalue weighted by molar-refractivity contribution is 0.0773. The molecule has 0 fully saturated rings. The predicted molar refractivity (Wildman–Crippen MR) is 152 cm³/mol. The van der Waals surface area contributed by atoms with Crippen LogP contribution >= 0.6 is 0 Å². The van der Waals surface area contributed by atoms with Crippen LogP contribution in [0.25, 0.3) is 33.7 Å². The Balaban J connectivity index is 1.44. The second kappa shape index (κ2) is 10.9. The van der Waals surface area contributed by atoms with Crippen molar-refractivity contribution in [3.63, 3.8) is 0 Å². The van der Waals surface area contributed by atoms with Crippen LogP contribution in [0.15, 0.2) is 53.3 Å². The highest BCUT2D eigenvalue weighted by Crippen LogP contribution is 2.30. The van der Waals surface area contributed by atoms with Crippen molar-refractivity contribution in [1.82, 2.24) is 35.0 Å². The van der Waals surface area contributed by atoms with Gasteiger partial charge in [-0.1, -0.05) is 30.9 Å². The molecule has 0 radical (unpaired) electrons. The number of pyridine rings is 1. The number of nitrogens with one attached hydrogen (secondary N) is 2. The summed E-state index contributed by atoms with van der Waals surface area (Å²) in [5.74, 6) is 1.08. The summed E-state index contributed by atoms with van der Waals surface area (Å²) in [6.07, 6.45) is 3.42. The van der Waals surface area contributed by atoms with E-state index in [0.717, 1.165) is 45.2 Å². The van der Waals surface area contributed by atoms with Gasteiger partial charge in [-0.2, -0.15) is 4.98 Å². The smallest absolute Gasteiger partial charge is 0.287 e. The highest BCUT2D eigenvalue weighted by atomic mass is 28.3. The first kappa shape index (κ1) is 26.5. The van der Waals surface area contributed by atoms with E-state index in [0.29, 0.717) is 30.7 Å². The number of fused-ring (bicyclic) bond motifs is 1. The molecule has 4 aromatic heterocycles. The van der Waals surface area contributed by atoms with Crippen LogP contribution in [0.4, 0.5) is 0 Å². The van der Waals surface area contributed by atoms with Crippen LogP contribution in [-0.2, 0) is 18.0 Å². The second-order valence-electron chi connectivity index (χ2n) is 10.8. The van der Waals surface area contributed by atoms with Gasteiger partial charge in [0.15, 0.2) is 5.82 Å². The molecule has 0 spiro atoms. The van der Waals surface area contributed by atoms with Crippen LogP contribution in [0, 0.1) is 13.8 Å². The molecule has 5 aromatic rings. The molecular weight excluding hydrogens is 510 g/mol. The number of carbonyl (C=O) groups excluding carboxylic acids is 1. The fourth-order valence-electron chi connectivity index (χ4n) is 4.24. The summed E-state index contributed by atoms with van der Waals surface area (Å²) in [7, 11) is -1.24. The van der Waals surface area contributed by atoms with E-state index in [1.54, 1.807) is 19.3 Å². The van der Waals surface area contributed by atoms with Gasteiger partial charge in [-0.3, -0.25) is 14.3 Å². The van der Waals surface area contributed by atoms with Crippen LogP contribution in [0.3, 0.4) is 0 Å². The van der Waals surface area contributed by atoms with Gasteiger partial charge in [0.1, 0.15) is 12.4 Å². The van der Waals surface area contributed by atoms with Gasteiger partial charge < -0.3 is 19.6 Å². The van der Waals surface area contributed by atoms with Crippen molar-refractivity contribution >= 4 is 24.9 Å². The molecule has 5 rings (SSSR count). The summed E-state index contributed by atoms with van der Waals surface area (Å²) in [6.45, 7) is 12.0. The monoisotopic (exact) mass is 543 g/mol. The predicted octanol–water partition coefficient (Wildman–Crippen LogP) is 5.34. The fraction of sp³-hybridized carbons (Fsp3) is 0.321. The zero-order valence-corrected chi connectivity index (χ0v) is 23.9. The lowest BCUT2D eigenvalue weighted by Crippen LogP contribution is -2.27. The number of rotatable bonds is 10. The Bertz CT molecular complexity index is 1600. The maximum absolute atomic E-state index is 13.3. The summed E-state index contributed by atoms with van der Waals surface area (Å²) in [5.41, 5.74) is 5.14. The van der Waals surface area contributed by atoms with E-state index in [9.17, 15) is 4.79 Å². The number of benzene rings is 1. The van der Waals surface area contributed by atoms with Crippen molar-refractivity contribution in [3.05, 3.63) is 71.7 Å². The standard InChI is InChI=1S/C28H33N7O3Si/c1-18-25(21-6-7-23-22(14-21)15-24(32-23)28-31-19(2)34-38-28)33-26(35(18)17-37-12-13-39(3,4)5)27(36)30-16-20-8-10-29-11-9-20/h6-11,14-15,32H,12-13,16-17H2,1-5H3,(H,30,36). The summed E-state index contributed by atoms with van der Waals surface area (Å²) in [5, 5.41) is 7.84. The van der Waals surface area contributed by atoms with Crippen LogP contribution < -0.4 is 5.32 Å². The molecule has 202 valence electrons. The zero-order valence-electron chi connectivity index (χ0n) is 22.9. The molecule has 0 aliphatic carbocycles. The van der Waals surface area contributed by atoms with Gasteiger partial charge >= 0.3 is 0 Å². The highest BCUT2D eigenvalue weighted by molar-refractivity contribution is 6.76. The van der Waals surface area contributed by atoms with Crippen LogP contribution in [-0.4, -0.2) is 50.2 Å². The van der Waals surface area contributed by atoms with E-state index < -0.39 is 8.07 Å². The summed E-state index contributed by atoms with van der Waals surface area (Å²) in [4.78, 5) is 29.8. The minimum Gasteiger partial charge on any atom is -0.361 e. The molecule has 1 aromatic carbocycles.